The van der Waals surface area contributed by atoms with Crippen molar-refractivity contribution in [2.24, 2.45) is 5.92 Å². The van der Waals surface area contributed by atoms with Crippen LogP contribution < -0.4 is 10.1 Å². The Kier molecular flexibility index (Phi) is 10.7. The van der Waals surface area contributed by atoms with E-state index in [1.165, 1.54) is 11.1 Å². The molecule has 1 aliphatic heterocycles. The molecule has 176 valence electrons. The number of carbonyl (C=O) groups excluding carboxylic acids is 1. The summed E-state index contributed by atoms with van der Waals surface area (Å²) < 4.78 is 5.61. The lowest BCUT2D eigenvalue weighted by atomic mass is 10.00. The second-order valence-corrected chi connectivity index (χ2v) is 8.72. The average Bonchev–Trinajstić information content (AvgIpc) is 2.75. The molecule has 0 bridgehead atoms. The summed E-state index contributed by atoms with van der Waals surface area (Å²) in [6.45, 7) is 15.4. The lowest BCUT2D eigenvalue weighted by Crippen LogP contribution is -2.51. The largest absolute Gasteiger partial charge is 0.493 e. The molecule has 0 spiro atoms. The number of amides is 1. The molecule has 3 rings (SSSR count). The van der Waals surface area contributed by atoms with Gasteiger partial charge in [-0.3, -0.25) is 4.79 Å². The Bertz CT molecular complexity index is 860. The maximum atomic E-state index is 12.1. The summed E-state index contributed by atoms with van der Waals surface area (Å²) in [5.41, 5.74) is 5.44. The number of nitrogens with one attached hydrogen (secondary N) is 1. The second kappa shape index (κ2) is 13.2. The molecule has 1 saturated heterocycles. The van der Waals surface area contributed by atoms with Gasteiger partial charge in [-0.2, -0.15) is 0 Å². The zero-order valence-corrected chi connectivity index (χ0v) is 20.4. The van der Waals surface area contributed by atoms with Gasteiger partial charge in [0.1, 0.15) is 5.75 Å². The summed E-state index contributed by atoms with van der Waals surface area (Å²) in [5, 5.41) is 11.7. The van der Waals surface area contributed by atoms with Gasteiger partial charge in [-0.1, -0.05) is 36.8 Å². The Labute approximate surface area is 193 Å². The molecule has 1 heterocycles. The van der Waals surface area contributed by atoms with E-state index in [9.17, 15) is 4.79 Å². The van der Waals surface area contributed by atoms with Gasteiger partial charge < -0.3 is 20.1 Å². The van der Waals surface area contributed by atoms with Gasteiger partial charge in [0, 0.05) is 37.7 Å². The summed E-state index contributed by atoms with van der Waals surface area (Å²) in [6, 6.07) is 12.1. The molecule has 5 heteroatoms. The predicted molar refractivity (Wildman–Crippen MR) is 132 cm³/mol. The highest BCUT2D eigenvalue weighted by atomic mass is 16.5. The molecular weight excluding hydrogens is 400 g/mol. The van der Waals surface area contributed by atoms with E-state index in [2.05, 4.69) is 37.1 Å². The standard InChI is InChI=1S/C15H22N2O.C12H18O2/c1-4-17-9-13(10-17)8-16-15(18)14-7-11(2)5-6-12(14)3;1-10-6-5-7-12(11(10)2)14-9-4-3-8-13/h5-7,13H,4,8-10H2,1-3H3,(H,16,18);5-7,13H,3-4,8-9H2,1-2H3. The molecule has 1 fully saturated rings. The van der Waals surface area contributed by atoms with Crippen LogP contribution in [-0.2, 0) is 0 Å². The van der Waals surface area contributed by atoms with Crippen molar-refractivity contribution in [3.05, 3.63) is 64.2 Å². The maximum Gasteiger partial charge on any atom is 0.251 e. The van der Waals surface area contributed by atoms with Gasteiger partial charge in [-0.05, 0) is 75.9 Å². The first-order chi connectivity index (χ1) is 15.3. The van der Waals surface area contributed by atoms with Crippen molar-refractivity contribution in [3.8, 4) is 5.75 Å². The summed E-state index contributed by atoms with van der Waals surface area (Å²) in [5.74, 6) is 1.65. The van der Waals surface area contributed by atoms with Crippen LogP contribution in [0.3, 0.4) is 0 Å². The van der Waals surface area contributed by atoms with Crippen LogP contribution in [-0.4, -0.2) is 55.3 Å². The van der Waals surface area contributed by atoms with E-state index in [1.807, 2.05) is 44.2 Å². The Morgan fingerprint density at radius 1 is 1.09 bits per heavy atom. The van der Waals surface area contributed by atoms with Gasteiger partial charge in [0.25, 0.3) is 5.91 Å². The number of nitrogens with zero attached hydrogens (tertiary/aromatic N) is 1. The molecule has 2 N–H and O–H groups in total. The minimum Gasteiger partial charge on any atom is -0.493 e. The fourth-order valence-electron chi connectivity index (χ4n) is 3.65. The number of likely N-dealkylation sites (tertiary alicyclic amines) is 1. The third-order valence-electron chi connectivity index (χ3n) is 6.03. The van der Waals surface area contributed by atoms with E-state index < -0.39 is 0 Å². The fraction of sp³-hybridized carbons (Fsp3) is 0.519. The highest BCUT2D eigenvalue weighted by Gasteiger charge is 2.25. The Balaban J connectivity index is 0.000000235. The van der Waals surface area contributed by atoms with E-state index in [0.29, 0.717) is 12.5 Å². The smallest absolute Gasteiger partial charge is 0.251 e. The molecule has 2 aromatic carbocycles. The van der Waals surface area contributed by atoms with Crippen LogP contribution in [0.5, 0.6) is 5.75 Å². The van der Waals surface area contributed by atoms with Crippen molar-refractivity contribution >= 4 is 5.91 Å². The summed E-state index contributed by atoms with van der Waals surface area (Å²) in [6.07, 6.45) is 1.72. The van der Waals surface area contributed by atoms with Crippen LogP contribution in [0.2, 0.25) is 0 Å². The van der Waals surface area contributed by atoms with Crippen molar-refractivity contribution in [3.63, 3.8) is 0 Å². The summed E-state index contributed by atoms with van der Waals surface area (Å²) >= 11 is 0. The lowest BCUT2D eigenvalue weighted by Gasteiger charge is -2.38. The van der Waals surface area contributed by atoms with Gasteiger partial charge in [0.15, 0.2) is 0 Å². The Morgan fingerprint density at radius 2 is 1.84 bits per heavy atom. The number of unbranched alkanes of at least 4 members (excludes halogenated alkanes) is 1. The van der Waals surface area contributed by atoms with Crippen molar-refractivity contribution in [2.75, 3.05) is 39.4 Å². The maximum absolute atomic E-state index is 12.1. The molecule has 0 radical (unpaired) electrons. The minimum atomic E-state index is 0.0612. The van der Waals surface area contributed by atoms with E-state index >= 15 is 0 Å². The highest BCUT2D eigenvalue weighted by molar-refractivity contribution is 5.95. The number of hydrogen-bond donors (Lipinski definition) is 2. The second-order valence-electron chi connectivity index (χ2n) is 8.72. The van der Waals surface area contributed by atoms with E-state index in [4.69, 9.17) is 9.84 Å². The number of aliphatic hydroxyl groups is 1. The van der Waals surface area contributed by atoms with Crippen molar-refractivity contribution in [2.45, 2.75) is 47.5 Å². The molecule has 2 aromatic rings. The summed E-state index contributed by atoms with van der Waals surface area (Å²) in [4.78, 5) is 14.5. The molecule has 1 aliphatic rings. The quantitative estimate of drug-likeness (QED) is 0.566. The number of hydrogen-bond acceptors (Lipinski definition) is 4. The number of aliphatic hydroxyl groups excluding tert-OH is 1. The Morgan fingerprint density at radius 3 is 2.53 bits per heavy atom. The van der Waals surface area contributed by atoms with E-state index in [1.54, 1.807) is 0 Å². The van der Waals surface area contributed by atoms with Gasteiger partial charge >= 0.3 is 0 Å². The van der Waals surface area contributed by atoms with E-state index in [0.717, 1.165) is 61.5 Å². The molecule has 0 saturated carbocycles. The van der Waals surface area contributed by atoms with Crippen molar-refractivity contribution in [1.82, 2.24) is 10.2 Å². The lowest BCUT2D eigenvalue weighted by molar-refractivity contribution is 0.0854. The fourth-order valence-corrected chi connectivity index (χ4v) is 3.65. The number of rotatable bonds is 9. The van der Waals surface area contributed by atoms with Gasteiger partial charge in [0.2, 0.25) is 0 Å². The number of carbonyl (C=O) groups is 1. The monoisotopic (exact) mass is 440 g/mol. The number of benzene rings is 2. The van der Waals surface area contributed by atoms with Gasteiger partial charge in [0.05, 0.1) is 6.61 Å². The van der Waals surface area contributed by atoms with Crippen LogP contribution in [0.4, 0.5) is 0 Å². The van der Waals surface area contributed by atoms with Gasteiger partial charge in [-0.25, -0.2) is 0 Å². The molecule has 0 aliphatic carbocycles. The molecule has 0 aromatic heterocycles. The van der Waals surface area contributed by atoms with Gasteiger partial charge in [-0.15, -0.1) is 0 Å². The average molecular weight is 441 g/mol. The molecule has 5 nitrogen and oxygen atoms in total. The Hall–Kier alpha value is -2.37. The van der Waals surface area contributed by atoms with Crippen molar-refractivity contribution < 1.29 is 14.6 Å². The molecular formula is C27H40N2O3. The SMILES string of the molecule is CCN1CC(CNC(=O)c2cc(C)ccc2C)C1.Cc1cccc(OCCCCO)c1C. The zero-order chi connectivity index (χ0) is 23.5. The molecule has 0 atom stereocenters. The predicted octanol–water partition coefficient (Wildman–Crippen LogP) is 4.44. The molecule has 1 amide bonds. The molecule has 0 unspecified atom stereocenters. The summed E-state index contributed by atoms with van der Waals surface area (Å²) in [7, 11) is 0. The van der Waals surface area contributed by atoms with Crippen LogP contribution in [0, 0.1) is 33.6 Å². The minimum absolute atomic E-state index is 0.0612. The normalized spacial score (nSPS) is 13.7. The third kappa shape index (κ3) is 7.95. The van der Waals surface area contributed by atoms with Crippen molar-refractivity contribution in [1.29, 1.82) is 0 Å². The number of ether oxygens (including phenoxy) is 1. The van der Waals surface area contributed by atoms with Crippen LogP contribution in [0.25, 0.3) is 0 Å². The van der Waals surface area contributed by atoms with Crippen LogP contribution in [0.1, 0.15) is 52.4 Å². The topological polar surface area (TPSA) is 61.8 Å². The third-order valence-corrected chi connectivity index (χ3v) is 6.03. The molecule has 32 heavy (non-hydrogen) atoms. The highest BCUT2D eigenvalue weighted by Crippen LogP contribution is 2.20. The first-order valence-electron chi connectivity index (χ1n) is 11.7. The number of aryl methyl sites for hydroxylation is 3. The first-order valence-corrected chi connectivity index (χ1v) is 11.7. The zero-order valence-electron chi connectivity index (χ0n) is 20.4. The van der Waals surface area contributed by atoms with Crippen LogP contribution in [0.15, 0.2) is 36.4 Å². The van der Waals surface area contributed by atoms with Crippen LogP contribution >= 0.6 is 0 Å². The first kappa shape index (κ1) is 25.9. The van der Waals surface area contributed by atoms with E-state index in [-0.39, 0.29) is 12.5 Å².